The Morgan fingerprint density at radius 2 is 2.04 bits per heavy atom. The van der Waals surface area contributed by atoms with Crippen LogP contribution in [0.2, 0.25) is 0 Å². The van der Waals surface area contributed by atoms with E-state index in [0.717, 1.165) is 16.7 Å². The number of hydrogen-bond donors (Lipinski definition) is 0. The number of aromatic nitrogens is 5. The molecule has 1 aliphatic rings. The highest BCUT2D eigenvalue weighted by molar-refractivity contribution is 5.88. The third kappa shape index (κ3) is 3.47. The van der Waals surface area contributed by atoms with Crippen molar-refractivity contribution in [2.75, 3.05) is 29.9 Å². The highest BCUT2D eigenvalue weighted by Crippen LogP contribution is 2.28. The van der Waals surface area contributed by atoms with Crippen molar-refractivity contribution in [2.24, 2.45) is 0 Å². The Labute approximate surface area is 157 Å². The van der Waals surface area contributed by atoms with Crippen molar-refractivity contribution in [3.63, 3.8) is 0 Å². The van der Waals surface area contributed by atoms with Gasteiger partial charge in [-0.2, -0.15) is 18.3 Å². The van der Waals surface area contributed by atoms with Gasteiger partial charge in [-0.3, -0.25) is 9.78 Å². The van der Waals surface area contributed by atoms with Crippen molar-refractivity contribution in [3.05, 3.63) is 47.4 Å². The predicted molar refractivity (Wildman–Crippen MR) is 96.3 cm³/mol. The third-order valence-electron chi connectivity index (χ3n) is 4.71. The summed E-state index contributed by atoms with van der Waals surface area (Å²) in [6, 6.07) is 3.16. The van der Waals surface area contributed by atoms with Crippen LogP contribution in [0.25, 0.3) is 10.9 Å². The van der Waals surface area contributed by atoms with Crippen LogP contribution in [0, 0.1) is 0 Å². The zero-order valence-electron chi connectivity index (χ0n) is 14.8. The molecule has 1 aliphatic heterocycles. The molecule has 11 heteroatoms. The number of likely N-dealkylation sites (N-methyl/N-ethyl adjacent to an activating group) is 1. The first kappa shape index (κ1) is 18.1. The maximum atomic E-state index is 12.4. The van der Waals surface area contributed by atoms with Gasteiger partial charge in [0, 0.05) is 37.8 Å². The van der Waals surface area contributed by atoms with Crippen LogP contribution in [-0.4, -0.2) is 57.1 Å². The molecule has 8 nitrogen and oxygen atoms in total. The molecule has 0 aliphatic carbocycles. The number of rotatable bonds is 4. The lowest BCUT2D eigenvalue weighted by molar-refractivity contribution is -0.143. The first-order chi connectivity index (χ1) is 13.3. The van der Waals surface area contributed by atoms with Gasteiger partial charge in [-0.15, -0.1) is 0 Å². The van der Waals surface area contributed by atoms with E-state index in [1.54, 1.807) is 12.4 Å². The van der Waals surface area contributed by atoms with E-state index in [1.165, 1.54) is 18.6 Å². The molecule has 0 atom stereocenters. The standard InChI is InChI=1S/C17H16F3N7O/c1-25(16-13-2-3-21-6-14(13)22-10-23-16)12-7-26(8-12)11-4-15(28)27(24-5-11)9-17(18,19)20/h2-6,10,12H,7-9H2,1H3. The summed E-state index contributed by atoms with van der Waals surface area (Å²) in [5, 5.41) is 4.52. The van der Waals surface area contributed by atoms with Gasteiger partial charge in [-0.1, -0.05) is 0 Å². The number of hydrogen-bond acceptors (Lipinski definition) is 7. The van der Waals surface area contributed by atoms with E-state index in [1.807, 2.05) is 22.9 Å². The SMILES string of the molecule is CN(c1ncnc2cnccc12)C1CN(c2cnn(CC(F)(F)F)c(=O)c2)C1. The second-order valence-electron chi connectivity index (χ2n) is 6.58. The highest BCUT2D eigenvalue weighted by atomic mass is 19.4. The minimum absolute atomic E-state index is 0.129. The van der Waals surface area contributed by atoms with E-state index in [-0.39, 0.29) is 6.04 Å². The normalized spacial score (nSPS) is 14.9. The Morgan fingerprint density at radius 1 is 1.25 bits per heavy atom. The van der Waals surface area contributed by atoms with E-state index >= 15 is 0 Å². The van der Waals surface area contributed by atoms with Gasteiger partial charge in [0.05, 0.1) is 29.6 Å². The van der Waals surface area contributed by atoms with Crippen LogP contribution in [-0.2, 0) is 6.54 Å². The summed E-state index contributed by atoms with van der Waals surface area (Å²) >= 11 is 0. The topological polar surface area (TPSA) is 80.0 Å². The first-order valence-corrected chi connectivity index (χ1v) is 8.48. The van der Waals surface area contributed by atoms with E-state index < -0.39 is 18.3 Å². The van der Waals surface area contributed by atoms with Gasteiger partial charge in [0.2, 0.25) is 0 Å². The predicted octanol–water partition coefficient (Wildman–Crippen LogP) is 1.47. The second-order valence-corrected chi connectivity index (χ2v) is 6.58. The number of halogens is 3. The monoisotopic (exact) mass is 391 g/mol. The zero-order chi connectivity index (χ0) is 19.9. The van der Waals surface area contributed by atoms with Crippen LogP contribution in [0.4, 0.5) is 24.7 Å². The van der Waals surface area contributed by atoms with Crippen LogP contribution >= 0.6 is 0 Å². The van der Waals surface area contributed by atoms with Gasteiger partial charge in [-0.05, 0) is 6.07 Å². The molecular weight excluding hydrogens is 375 g/mol. The Balaban J connectivity index is 1.47. The summed E-state index contributed by atoms with van der Waals surface area (Å²) in [6.07, 6.45) is 1.63. The largest absolute Gasteiger partial charge is 0.408 e. The molecule has 0 bridgehead atoms. The molecule has 0 amide bonds. The van der Waals surface area contributed by atoms with Crippen molar-refractivity contribution >= 4 is 22.4 Å². The lowest BCUT2D eigenvalue weighted by atomic mass is 10.1. The molecule has 4 heterocycles. The van der Waals surface area contributed by atoms with Gasteiger partial charge in [0.1, 0.15) is 18.7 Å². The molecule has 4 rings (SSSR count). The first-order valence-electron chi connectivity index (χ1n) is 8.48. The fourth-order valence-corrected chi connectivity index (χ4v) is 3.14. The number of nitrogens with zero attached hydrogens (tertiary/aromatic N) is 7. The van der Waals surface area contributed by atoms with Crippen LogP contribution < -0.4 is 15.4 Å². The van der Waals surface area contributed by atoms with Gasteiger partial charge < -0.3 is 9.80 Å². The summed E-state index contributed by atoms with van der Waals surface area (Å²) in [4.78, 5) is 28.4. The Bertz CT molecular complexity index is 1060. The number of pyridine rings is 1. The lowest BCUT2D eigenvalue weighted by Gasteiger charge is -2.45. The number of alkyl halides is 3. The van der Waals surface area contributed by atoms with E-state index in [9.17, 15) is 18.0 Å². The molecule has 1 saturated heterocycles. The van der Waals surface area contributed by atoms with Crippen molar-refractivity contribution in [2.45, 2.75) is 18.8 Å². The Hall–Kier alpha value is -3.24. The lowest BCUT2D eigenvalue weighted by Crippen LogP contribution is -2.59. The van der Waals surface area contributed by atoms with Crippen LogP contribution in [0.1, 0.15) is 0 Å². The summed E-state index contributed by atoms with van der Waals surface area (Å²) < 4.78 is 37.7. The van der Waals surface area contributed by atoms with Crippen molar-refractivity contribution < 1.29 is 13.2 Å². The Kier molecular flexibility index (Phi) is 4.36. The van der Waals surface area contributed by atoms with E-state index in [2.05, 4.69) is 20.1 Å². The zero-order valence-corrected chi connectivity index (χ0v) is 14.8. The number of fused-ring (bicyclic) bond motifs is 1. The van der Waals surface area contributed by atoms with E-state index in [0.29, 0.717) is 23.5 Å². The maximum absolute atomic E-state index is 12.4. The van der Waals surface area contributed by atoms with Crippen molar-refractivity contribution in [1.82, 2.24) is 24.7 Å². The molecule has 0 saturated carbocycles. The highest BCUT2D eigenvalue weighted by Gasteiger charge is 2.33. The minimum atomic E-state index is -4.49. The maximum Gasteiger partial charge on any atom is 0.408 e. The number of anilines is 2. The summed E-state index contributed by atoms with van der Waals surface area (Å²) in [7, 11) is 1.92. The quantitative estimate of drug-likeness (QED) is 0.666. The van der Waals surface area contributed by atoms with Gasteiger partial charge in [0.15, 0.2) is 0 Å². The average Bonchev–Trinajstić information content (AvgIpc) is 2.61. The summed E-state index contributed by atoms with van der Waals surface area (Å²) in [5.74, 6) is 0.774. The molecule has 3 aromatic rings. The van der Waals surface area contributed by atoms with E-state index in [4.69, 9.17) is 0 Å². The van der Waals surface area contributed by atoms with Gasteiger partial charge in [-0.25, -0.2) is 14.6 Å². The molecule has 0 unspecified atom stereocenters. The molecule has 0 radical (unpaired) electrons. The second kappa shape index (κ2) is 6.73. The summed E-state index contributed by atoms with van der Waals surface area (Å²) in [6.45, 7) is -0.206. The fourth-order valence-electron chi connectivity index (χ4n) is 3.14. The molecular formula is C17H16F3N7O. The Morgan fingerprint density at radius 3 is 2.75 bits per heavy atom. The molecule has 0 aromatic carbocycles. The molecule has 1 fully saturated rings. The molecule has 28 heavy (non-hydrogen) atoms. The third-order valence-corrected chi connectivity index (χ3v) is 4.71. The van der Waals surface area contributed by atoms with Crippen LogP contribution in [0.3, 0.4) is 0 Å². The van der Waals surface area contributed by atoms with Crippen LogP contribution in [0.15, 0.2) is 41.8 Å². The minimum Gasteiger partial charge on any atom is -0.366 e. The smallest absolute Gasteiger partial charge is 0.366 e. The molecule has 0 N–H and O–H groups in total. The average molecular weight is 391 g/mol. The molecule has 0 spiro atoms. The fraction of sp³-hybridized carbons (Fsp3) is 0.353. The van der Waals surface area contributed by atoms with Gasteiger partial charge >= 0.3 is 6.18 Å². The van der Waals surface area contributed by atoms with Crippen molar-refractivity contribution in [1.29, 1.82) is 0 Å². The van der Waals surface area contributed by atoms with Crippen LogP contribution in [0.5, 0.6) is 0 Å². The molecule has 3 aromatic heterocycles. The van der Waals surface area contributed by atoms with Crippen molar-refractivity contribution in [3.8, 4) is 0 Å². The van der Waals surface area contributed by atoms with Gasteiger partial charge in [0.25, 0.3) is 5.56 Å². The molecule has 146 valence electrons. The summed E-state index contributed by atoms with van der Waals surface area (Å²) in [5.41, 5.74) is 0.471.